The van der Waals surface area contributed by atoms with E-state index in [2.05, 4.69) is 35.6 Å². The van der Waals surface area contributed by atoms with Gasteiger partial charge in [0.25, 0.3) is 0 Å². The quantitative estimate of drug-likeness (QED) is 0.735. The Hall–Kier alpha value is -0.820. The molecule has 17 heavy (non-hydrogen) atoms. The maximum atomic E-state index is 3.44. The van der Waals surface area contributed by atoms with Gasteiger partial charge in [0.15, 0.2) is 0 Å². The first-order valence-corrected chi connectivity index (χ1v) is 7.20. The minimum Gasteiger partial charge on any atom is -0.317 e. The number of nitrogens with one attached hydrogen (secondary N) is 1. The predicted octanol–water partition coefficient (Wildman–Crippen LogP) is 3.79. The van der Waals surface area contributed by atoms with Gasteiger partial charge in [0.2, 0.25) is 0 Å². The molecule has 1 aliphatic rings. The molecular formula is C16H25N. The zero-order chi connectivity index (χ0) is 11.8. The van der Waals surface area contributed by atoms with E-state index in [0.717, 1.165) is 5.92 Å². The smallest absolute Gasteiger partial charge is 0.00463 e. The van der Waals surface area contributed by atoms with Crippen molar-refractivity contribution in [2.24, 2.45) is 5.92 Å². The summed E-state index contributed by atoms with van der Waals surface area (Å²) in [4.78, 5) is 0. The maximum absolute atomic E-state index is 3.44. The molecule has 1 aromatic rings. The molecule has 1 N–H and O–H groups in total. The highest BCUT2D eigenvalue weighted by Crippen LogP contribution is 2.19. The number of unbranched alkanes of at least 4 members (excludes halogenated alkanes) is 2. The highest BCUT2D eigenvalue weighted by atomic mass is 14.9. The molecule has 0 bridgehead atoms. The van der Waals surface area contributed by atoms with Gasteiger partial charge in [0.05, 0.1) is 0 Å². The third-order valence-electron chi connectivity index (χ3n) is 3.88. The van der Waals surface area contributed by atoms with Gasteiger partial charge in [0, 0.05) is 0 Å². The van der Waals surface area contributed by atoms with Crippen LogP contribution in [0, 0.1) is 5.92 Å². The molecular weight excluding hydrogens is 206 g/mol. The van der Waals surface area contributed by atoms with Crippen molar-refractivity contribution < 1.29 is 0 Å². The van der Waals surface area contributed by atoms with Gasteiger partial charge in [-0.3, -0.25) is 0 Å². The van der Waals surface area contributed by atoms with Crippen molar-refractivity contribution in [1.82, 2.24) is 5.32 Å². The molecule has 0 radical (unpaired) electrons. The fourth-order valence-electron chi connectivity index (χ4n) is 2.75. The van der Waals surface area contributed by atoms with E-state index in [0.29, 0.717) is 0 Å². The van der Waals surface area contributed by atoms with Crippen molar-refractivity contribution in [2.45, 2.75) is 44.9 Å². The zero-order valence-electron chi connectivity index (χ0n) is 10.8. The van der Waals surface area contributed by atoms with Gasteiger partial charge in [-0.05, 0) is 50.3 Å². The number of piperidine rings is 1. The SMILES string of the molecule is c1ccc(CCCCCC2CCNCC2)cc1. The topological polar surface area (TPSA) is 12.0 Å². The van der Waals surface area contributed by atoms with Crippen molar-refractivity contribution in [3.8, 4) is 0 Å². The van der Waals surface area contributed by atoms with E-state index in [4.69, 9.17) is 0 Å². The molecule has 0 aliphatic carbocycles. The van der Waals surface area contributed by atoms with Crippen molar-refractivity contribution >= 4 is 0 Å². The number of hydrogen-bond acceptors (Lipinski definition) is 1. The Kier molecular flexibility index (Phi) is 5.57. The minimum absolute atomic E-state index is 1.01. The summed E-state index contributed by atoms with van der Waals surface area (Å²) in [6, 6.07) is 10.9. The first-order chi connectivity index (χ1) is 8.45. The Labute approximate surface area is 106 Å². The standard InChI is InChI=1S/C16H25N/c1-3-7-15(8-4-1)9-5-2-6-10-16-11-13-17-14-12-16/h1,3-4,7-8,16-17H,2,5-6,9-14H2. The van der Waals surface area contributed by atoms with Gasteiger partial charge in [-0.15, -0.1) is 0 Å². The van der Waals surface area contributed by atoms with Gasteiger partial charge >= 0.3 is 0 Å². The molecule has 94 valence electrons. The van der Waals surface area contributed by atoms with Crippen LogP contribution in [0.3, 0.4) is 0 Å². The molecule has 1 nitrogen and oxygen atoms in total. The van der Waals surface area contributed by atoms with Gasteiger partial charge in [-0.1, -0.05) is 49.6 Å². The predicted molar refractivity (Wildman–Crippen MR) is 74.2 cm³/mol. The number of hydrogen-bond donors (Lipinski definition) is 1. The molecule has 1 fully saturated rings. The normalized spacial score (nSPS) is 17.2. The summed E-state index contributed by atoms with van der Waals surface area (Å²) in [5, 5.41) is 3.44. The lowest BCUT2D eigenvalue weighted by atomic mass is 9.92. The van der Waals surface area contributed by atoms with Crippen LogP contribution >= 0.6 is 0 Å². The molecule has 1 aliphatic heterocycles. The highest BCUT2D eigenvalue weighted by Gasteiger charge is 2.11. The van der Waals surface area contributed by atoms with Gasteiger partial charge in [0.1, 0.15) is 0 Å². The first-order valence-electron chi connectivity index (χ1n) is 7.20. The fraction of sp³-hybridized carbons (Fsp3) is 0.625. The molecule has 0 atom stereocenters. The van der Waals surface area contributed by atoms with E-state index in [1.807, 2.05) is 0 Å². The molecule has 0 unspecified atom stereocenters. The van der Waals surface area contributed by atoms with Crippen LogP contribution in [0.15, 0.2) is 30.3 Å². The molecule has 1 heteroatoms. The Balaban J connectivity index is 1.51. The lowest BCUT2D eigenvalue weighted by Gasteiger charge is -2.22. The monoisotopic (exact) mass is 231 g/mol. The average molecular weight is 231 g/mol. The third-order valence-corrected chi connectivity index (χ3v) is 3.88. The molecule has 0 spiro atoms. The summed E-state index contributed by atoms with van der Waals surface area (Å²) in [5.74, 6) is 1.01. The summed E-state index contributed by atoms with van der Waals surface area (Å²) in [6.45, 7) is 2.49. The van der Waals surface area contributed by atoms with Crippen LogP contribution in [-0.2, 0) is 6.42 Å². The van der Waals surface area contributed by atoms with Crippen LogP contribution in [0.2, 0.25) is 0 Å². The van der Waals surface area contributed by atoms with E-state index >= 15 is 0 Å². The van der Waals surface area contributed by atoms with Crippen molar-refractivity contribution in [1.29, 1.82) is 0 Å². The van der Waals surface area contributed by atoms with Crippen LogP contribution in [0.5, 0.6) is 0 Å². The second-order valence-electron chi connectivity index (χ2n) is 5.28. The molecule has 1 heterocycles. The Morgan fingerprint density at radius 2 is 1.71 bits per heavy atom. The minimum atomic E-state index is 1.01. The molecule has 0 saturated carbocycles. The van der Waals surface area contributed by atoms with Crippen LogP contribution in [0.1, 0.15) is 44.1 Å². The van der Waals surface area contributed by atoms with E-state index in [1.54, 1.807) is 0 Å². The Morgan fingerprint density at radius 3 is 2.47 bits per heavy atom. The summed E-state index contributed by atoms with van der Waals surface area (Å²) in [5.41, 5.74) is 1.49. The molecule has 1 aromatic carbocycles. The summed E-state index contributed by atoms with van der Waals surface area (Å²) < 4.78 is 0. The van der Waals surface area contributed by atoms with Crippen molar-refractivity contribution in [3.05, 3.63) is 35.9 Å². The van der Waals surface area contributed by atoms with Crippen molar-refractivity contribution in [3.63, 3.8) is 0 Å². The van der Waals surface area contributed by atoms with Crippen LogP contribution in [0.25, 0.3) is 0 Å². The molecule has 0 amide bonds. The largest absolute Gasteiger partial charge is 0.317 e. The number of aryl methyl sites for hydroxylation is 1. The second-order valence-corrected chi connectivity index (χ2v) is 5.28. The third kappa shape index (κ3) is 4.91. The second kappa shape index (κ2) is 7.50. The Morgan fingerprint density at radius 1 is 0.941 bits per heavy atom. The molecule has 1 saturated heterocycles. The zero-order valence-corrected chi connectivity index (χ0v) is 10.8. The van der Waals surface area contributed by atoms with E-state index < -0.39 is 0 Å². The van der Waals surface area contributed by atoms with Crippen LogP contribution < -0.4 is 5.32 Å². The van der Waals surface area contributed by atoms with Crippen LogP contribution in [-0.4, -0.2) is 13.1 Å². The summed E-state index contributed by atoms with van der Waals surface area (Å²) in [6.07, 6.45) is 9.70. The number of benzene rings is 1. The Bertz CT molecular complexity index is 288. The molecule has 2 rings (SSSR count). The fourth-order valence-corrected chi connectivity index (χ4v) is 2.75. The van der Waals surface area contributed by atoms with E-state index in [9.17, 15) is 0 Å². The van der Waals surface area contributed by atoms with Gasteiger partial charge in [-0.25, -0.2) is 0 Å². The first kappa shape index (κ1) is 12.6. The number of rotatable bonds is 6. The lowest BCUT2D eigenvalue weighted by Crippen LogP contribution is -2.27. The summed E-state index contributed by atoms with van der Waals surface area (Å²) in [7, 11) is 0. The van der Waals surface area contributed by atoms with Crippen molar-refractivity contribution in [2.75, 3.05) is 13.1 Å². The van der Waals surface area contributed by atoms with E-state index in [-0.39, 0.29) is 0 Å². The summed E-state index contributed by atoms with van der Waals surface area (Å²) >= 11 is 0. The maximum Gasteiger partial charge on any atom is -0.00463 e. The average Bonchev–Trinajstić information content (AvgIpc) is 2.41. The molecule has 0 aromatic heterocycles. The lowest BCUT2D eigenvalue weighted by molar-refractivity contribution is 0.343. The van der Waals surface area contributed by atoms with Gasteiger partial charge < -0.3 is 5.32 Å². The van der Waals surface area contributed by atoms with Crippen LogP contribution in [0.4, 0.5) is 0 Å². The highest BCUT2D eigenvalue weighted by molar-refractivity contribution is 5.14. The van der Waals surface area contributed by atoms with Gasteiger partial charge in [-0.2, -0.15) is 0 Å². The van der Waals surface area contributed by atoms with E-state index in [1.165, 1.54) is 63.6 Å².